The van der Waals surface area contributed by atoms with Gasteiger partial charge in [0.1, 0.15) is 0 Å². The van der Waals surface area contributed by atoms with Crippen molar-refractivity contribution in [3.63, 3.8) is 0 Å². The predicted octanol–water partition coefficient (Wildman–Crippen LogP) is 22.8. The van der Waals surface area contributed by atoms with Crippen molar-refractivity contribution in [2.75, 3.05) is 13.2 Å². The van der Waals surface area contributed by atoms with Crippen LogP contribution in [0.25, 0.3) is 0 Å². The summed E-state index contributed by atoms with van der Waals surface area (Å²) in [5.74, 6) is -0.0377. The Morgan fingerprint density at radius 2 is 0.597 bits per heavy atom. The number of aliphatic hydroxyl groups is 2. The van der Waals surface area contributed by atoms with Crippen LogP contribution >= 0.6 is 0 Å². The fourth-order valence-electron chi connectivity index (χ4n) is 11.4. The molecule has 0 fully saturated rings. The van der Waals surface area contributed by atoms with Gasteiger partial charge in [-0.1, -0.05) is 373 Å². The van der Waals surface area contributed by atoms with Crippen molar-refractivity contribution in [3.8, 4) is 0 Å². The van der Waals surface area contributed by atoms with Gasteiger partial charge in [-0.3, -0.25) is 9.59 Å². The Morgan fingerprint density at radius 3 is 0.883 bits per heavy atom. The van der Waals surface area contributed by atoms with Crippen molar-refractivity contribution in [3.05, 3.63) is 12.2 Å². The minimum atomic E-state index is -0.841. The lowest BCUT2D eigenvalue weighted by molar-refractivity contribution is -0.143. The average Bonchev–Trinajstić information content (AvgIpc) is 3.43. The van der Waals surface area contributed by atoms with E-state index in [9.17, 15) is 19.8 Å². The van der Waals surface area contributed by atoms with Crippen LogP contribution in [-0.2, 0) is 14.3 Å². The van der Waals surface area contributed by atoms with E-state index in [1.165, 1.54) is 340 Å². The molecule has 0 heterocycles. The summed E-state index contributed by atoms with van der Waals surface area (Å²) in [4.78, 5) is 24.5. The Morgan fingerprint density at radius 1 is 0.351 bits per heavy atom. The molecule has 1 amide bonds. The number of esters is 1. The molecule has 0 aromatic heterocycles. The van der Waals surface area contributed by atoms with Crippen molar-refractivity contribution >= 4 is 11.9 Å². The Bertz CT molecular complexity index is 1160. The molecule has 458 valence electrons. The number of rotatable bonds is 67. The van der Waals surface area contributed by atoms with E-state index in [2.05, 4.69) is 19.2 Å². The van der Waals surface area contributed by atoms with Gasteiger partial charge in [0.25, 0.3) is 0 Å². The summed E-state index contributed by atoms with van der Waals surface area (Å²) in [5, 5.41) is 23.2. The fraction of sp³-hybridized carbons (Fsp3) is 0.944. The molecule has 0 aromatic rings. The molecule has 0 aliphatic rings. The van der Waals surface area contributed by atoms with Crippen LogP contribution in [0.1, 0.15) is 406 Å². The molecule has 0 aliphatic carbocycles. The maximum Gasteiger partial charge on any atom is 0.305 e. The van der Waals surface area contributed by atoms with E-state index in [4.69, 9.17) is 4.74 Å². The third kappa shape index (κ3) is 63.6. The van der Waals surface area contributed by atoms with Crippen LogP contribution in [0.4, 0.5) is 0 Å². The summed E-state index contributed by atoms with van der Waals surface area (Å²) in [6, 6.07) is -0.624. The molecular formula is C71H139NO5. The van der Waals surface area contributed by atoms with Gasteiger partial charge < -0.3 is 20.3 Å². The van der Waals surface area contributed by atoms with Gasteiger partial charge in [0.2, 0.25) is 5.91 Å². The van der Waals surface area contributed by atoms with Crippen molar-refractivity contribution in [2.24, 2.45) is 0 Å². The molecule has 0 bridgehead atoms. The lowest BCUT2D eigenvalue weighted by atomic mass is 10.0. The third-order valence-electron chi connectivity index (χ3n) is 16.8. The number of allylic oxidation sites excluding steroid dienone is 1. The number of amides is 1. The van der Waals surface area contributed by atoms with Gasteiger partial charge in [-0.25, -0.2) is 0 Å². The second-order valence-electron chi connectivity index (χ2n) is 24.6. The summed E-state index contributed by atoms with van der Waals surface area (Å²) < 4.78 is 5.49. The van der Waals surface area contributed by atoms with Crippen molar-refractivity contribution in [2.45, 2.75) is 418 Å². The van der Waals surface area contributed by atoms with E-state index in [1.54, 1.807) is 6.08 Å². The minimum Gasteiger partial charge on any atom is -0.466 e. The van der Waals surface area contributed by atoms with Gasteiger partial charge in [0, 0.05) is 12.8 Å². The summed E-state index contributed by atoms with van der Waals surface area (Å²) in [6.45, 7) is 4.95. The third-order valence-corrected chi connectivity index (χ3v) is 16.8. The van der Waals surface area contributed by atoms with Crippen LogP contribution in [-0.4, -0.2) is 47.4 Å². The highest BCUT2D eigenvalue weighted by atomic mass is 16.5. The monoisotopic (exact) mass is 1090 g/mol. The zero-order valence-electron chi connectivity index (χ0n) is 52.5. The van der Waals surface area contributed by atoms with E-state index in [0.29, 0.717) is 19.4 Å². The zero-order chi connectivity index (χ0) is 55.7. The first-order chi connectivity index (χ1) is 38.0. The molecule has 3 N–H and O–H groups in total. The first kappa shape index (κ1) is 75.6. The van der Waals surface area contributed by atoms with E-state index in [0.717, 1.165) is 38.5 Å². The first-order valence-corrected chi connectivity index (χ1v) is 35.5. The molecule has 0 aliphatic heterocycles. The van der Waals surface area contributed by atoms with Crippen LogP contribution in [0, 0.1) is 0 Å². The molecule has 2 atom stereocenters. The average molecular weight is 1090 g/mol. The van der Waals surface area contributed by atoms with Crippen LogP contribution in [0.15, 0.2) is 12.2 Å². The van der Waals surface area contributed by atoms with Gasteiger partial charge in [0.05, 0.1) is 25.4 Å². The van der Waals surface area contributed by atoms with Crippen molar-refractivity contribution < 1.29 is 24.5 Å². The highest BCUT2D eigenvalue weighted by Crippen LogP contribution is 2.19. The molecule has 0 rings (SSSR count). The predicted molar refractivity (Wildman–Crippen MR) is 338 cm³/mol. The number of aliphatic hydroxyl groups excluding tert-OH is 2. The van der Waals surface area contributed by atoms with Gasteiger partial charge >= 0.3 is 5.97 Å². The maximum absolute atomic E-state index is 12.5. The maximum atomic E-state index is 12.5. The van der Waals surface area contributed by atoms with Gasteiger partial charge in [-0.2, -0.15) is 0 Å². The van der Waals surface area contributed by atoms with E-state index < -0.39 is 12.1 Å². The van der Waals surface area contributed by atoms with Crippen molar-refractivity contribution in [1.29, 1.82) is 0 Å². The van der Waals surface area contributed by atoms with E-state index in [-0.39, 0.29) is 18.5 Å². The number of hydrogen-bond acceptors (Lipinski definition) is 5. The van der Waals surface area contributed by atoms with Gasteiger partial charge in [-0.15, -0.1) is 0 Å². The van der Waals surface area contributed by atoms with Gasteiger partial charge in [-0.05, 0) is 32.1 Å². The topological polar surface area (TPSA) is 95.9 Å². The molecule has 2 unspecified atom stereocenters. The number of nitrogens with one attached hydrogen (secondary N) is 1. The van der Waals surface area contributed by atoms with Gasteiger partial charge in [0.15, 0.2) is 0 Å². The zero-order valence-corrected chi connectivity index (χ0v) is 52.5. The molecule has 0 radical (unpaired) electrons. The smallest absolute Gasteiger partial charge is 0.305 e. The SMILES string of the molecule is CCCCCCCCCCCCCCCC/C=C/C(O)C(CO)NC(=O)CCCCCCCCCCCCCCCCCCCCCCCCCCCCCCCCCOC(=O)CCCCCCCCCCCCCCC. The number of carbonyl (C=O) groups is 2. The highest BCUT2D eigenvalue weighted by Gasteiger charge is 2.18. The number of unbranched alkanes of at least 4 members (excludes halogenated alkanes) is 56. The summed E-state index contributed by atoms with van der Waals surface area (Å²) >= 11 is 0. The lowest BCUT2D eigenvalue weighted by Gasteiger charge is -2.20. The Hall–Kier alpha value is -1.40. The number of carbonyl (C=O) groups excluding carboxylic acids is 2. The number of ether oxygens (including phenoxy) is 1. The van der Waals surface area contributed by atoms with Crippen molar-refractivity contribution in [1.82, 2.24) is 5.32 Å². The standard InChI is InChI=1S/C71H139NO5/c1-3-5-7-9-11-13-15-17-18-36-40-43-47-51-55-59-63-69(74)68(67-73)72-70(75)64-60-56-52-48-44-41-37-34-32-30-28-26-24-22-20-19-21-23-25-27-29-31-33-35-38-42-46-50-54-58-62-66-77-71(76)65-61-57-53-49-45-39-16-14-12-10-8-6-4-2/h59,63,68-69,73-74H,3-58,60-62,64-67H2,1-2H3,(H,72,75)/b63-59+. The molecular weight excluding hydrogens is 947 g/mol. The summed E-state index contributed by atoms with van der Waals surface area (Å²) in [7, 11) is 0. The largest absolute Gasteiger partial charge is 0.466 e. The molecule has 0 saturated heterocycles. The Balaban J connectivity index is 3.33. The summed E-state index contributed by atoms with van der Waals surface area (Å²) in [6.07, 6.45) is 83.0. The highest BCUT2D eigenvalue weighted by molar-refractivity contribution is 5.76. The second kappa shape index (κ2) is 67.1. The molecule has 0 spiro atoms. The molecule has 6 nitrogen and oxygen atoms in total. The minimum absolute atomic E-state index is 0.0228. The summed E-state index contributed by atoms with van der Waals surface area (Å²) in [5.41, 5.74) is 0. The molecule has 6 heteroatoms. The Kier molecular flexibility index (Phi) is 65.9. The van der Waals surface area contributed by atoms with E-state index in [1.807, 2.05) is 6.08 Å². The molecule has 0 saturated carbocycles. The normalized spacial score (nSPS) is 12.5. The second-order valence-corrected chi connectivity index (χ2v) is 24.6. The van der Waals surface area contributed by atoms with E-state index >= 15 is 0 Å². The Labute approximate surface area is 482 Å². The van der Waals surface area contributed by atoms with Crippen LogP contribution < -0.4 is 5.32 Å². The van der Waals surface area contributed by atoms with Crippen LogP contribution in [0.2, 0.25) is 0 Å². The lowest BCUT2D eigenvalue weighted by Crippen LogP contribution is -2.45. The number of hydrogen-bond donors (Lipinski definition) is 3. The molecule has 77 heavy (non-hydrogen) atoms. The first-order valence-electron chi connectivity index (χ1n) is 35.5. The quantitative estimate of drug-likeness (QED) is 0.0320. The van der Waals surface area contributed by atoms with Crippen LogP contribution in [0.3, 0.4) is 0 Å². The fourth-order valence-corrected chi connectivity index (χ4v) is 11.4. The molecule has 0 aromatic carbocycles. The van der Waals surface area contributed by atoms with Crippen LogP contribution in [0.5, 0.6) is 0 Å².